The van der Waals surface area contributed by atoms with Crippen molar-refractivity contribution in [3.8, 4) is 5.75 Å². The molecule has 1 fully saturated rings. The molecule has 0 atom stereocenters. The standard InChI is InChI=1S/C12H15F2NO/c1-16-11-6-3-2-5-10(11)15-8-4-7-12(13,14)9-15/h2-3,5-6H,4,7-9H2,1H3. The van der Waals surface area contributed by atoms with Crippen LogP contribution in [0.5, 0.6) is 5.75 Å². The Morgan fingerprint density at radius 1 is 1.31 bits per heavy atom. The molecule has 0 N–H and O–H groups in total. The largest absolute Gasteiger partial charge is 0.495 e. The zero-order chi connectivity index (χ0) is 11.6. The zero-order valence-corrected chi connectivity index (χ0v) is 9.25. The summed E-state index contributed by atoms with van der Waals surface area (Å²) in [4.78, 5) is 1.70. The lowest BCUT2D eigenvalue weighted by Crippen LogP contribution is -2.42. The van der Waals surface area contributed by atoms with Crippen LogP contribution < -0.4 is 9.64 Å². The number of piperidine rings is 1. The monoisotopic (exact) mass is 227 g/mol. The van der Waals surface area contributed by atoms with Crippen LogP contribution in [-0.4, -0.2) is 26.1 Å². The predicted molar refractivity (Wildman–Crippen MR) is 59.4 cm³/mol. The summed E-state index contributed by atoms with van der Waals surface area (Å²) >= 11 is 0. The molecule has 4 heteroatoms. The molecule has 2 nitrogen and oxygen atoms in total. The quantitative estimate of drug-likeness (QED) is 0.770. The summed E-state index contributed by atoms with van der Waals surface area (Å²) in [5, 5.41) is 0. The van der Waals surface area contributed by atoms with Crippen molar-refractivity contribution in [1.82, 2.24) is 0 Å². The van der Waals surface area contributed by atoms with Crippen molar-refractivity contribution in [2.75, 3.05) is 25.1 Å². The molecule has 1 aromatic rings. The summed E-state index contributed by atoms with van der Waals surface area (Å²) in [5.74, 6) is -1.93. The van der Waals surface area contributed by atoms with E-state index in [0.29, 0.717) is 18.7 Å². The smallest absolute Gasteiger partial charge is 0.265 e. The maximum atomic E-state index is 13.3. The van der Waals surface area contributed by atoms with Gasteiger partial charge in [0.05, 0.1) is 19.3 Å². The highest BCUT2D eigenvalue weighted by molar-refractivity contribution is 5.58. The van der Waals surface area contributed by atoms with Gasteiger partial charge in [-0.25, -0.2) is 8.78 Å². The molecular formula is C12H15F2NO. The Morgan fingerprint density at radius 3 is 2.75 bits per heavy atom. The lowest BCUT2D eigenvalue weighted by molar-refractivity contribution is -0.0117. The molecule has 0 aromatic heterocycles. The number of alkyl halides is 2. The summed E-state index contributed by atoms with van der Waals surface area (Å²) in [6.45, 7) is 0.448. The summed E-state index contributed by atoms with van der Waals surface area (Å²) < 4.78 is 31.8. The average molecular weight is 227 g/mol. The number of para-hydroxylation sites is 2. The second-order valence-electron chi connectivity index (χ2n) is 4.05. The van der Waals surface area contributed by atoms with Crippen molar-refractivity contribution in [3.05, 3.63) is 24.3 Å². The van der Waals surface area contributed by atoms with Crippen LogP contribution in [0, 0.1) is 0 Å². The van der Waals surface area contributed by atoms with Crippen LogP contribution in [0.1, 0.15) is 12.8 Å². The lowest BCUT2D eigenvalue weighted by Gasteiger charge is -2.34. The molecule has 0 unspecified atom stereocenters. The van der Waals surface area contributed by atoms with Crippen LogP contribution in [0.15, 0.2) is 24.3 Å². The fraction of sp³-hybridized carbons (Fsp3) is 0.500. The molecule has 0 saturated carbocycles. The summed E-state index contributed by atoms with van der Waals surface area (Å²) in [7, 11) is 1.56. The van der Waals surface area contributed by atoms with E-state index in [1.807, 2.05) is 18.2 Å². The number of benzene rings is 1. The maximum Gasteiger partial charge on any atom is 0.265 e. The van der Waals surface area contributed by atoms with Gasteiger partial charge in [-0.1, -0.05) is 12.1 Å². The van der Waals surface area contributed by atoms with E-state index in [1.165, 1.54) is 0 Å². The highest BCUT2D eigenvalue weighted by Gasteiger charge is 2.35. The van der Waals surface area contributed by atoms with Crippen molar-refractivity contribution in [2.45, 2.75) is 18.8 Å². The molecule has 0 spiro atoms. The summed E-state index contributed by atoms with van der Waals surface area (Å²) in [6, 6.07) is 7.29. The van der Waals surface area contributed by atoms with Gasteiger partial charge >= 0.3 is 0 Å². The SMILES string of the molecule is COc1ccccc1N1CCCC(F)(F)C1. The van der Waals surface area contributed by atoms with E-state index in [9.17, 15) is 8.78 Å². The number of halogens is 2. The van der Waals surface area contributed by atoms with E-state index in [0.717, 1.165) is 5.69 Å². The second kappa shape index (κ2) is 4.28. The third kappa shape index (κ3) is 2.26. The maximum absolute atomic E-state index is 13.3. The van der Waals surface area contributed by atoms with Crippen molar-refractivity contribution < 1.29 is 13.5 Å². The number of rotatable bonds is 2. The van der Waals surface area contributed by atoms with Crippen molar-refractivity contribution in [2.24, 2.45) is 0 Å². The Bertz CT molecular complexity index is 368. The van der Waals surface area contributed by atoms with Gasteiger partial charge in [-0.3, -0.25) is 0 Å². The third-order valence-corrected chi connectivity index (χ3v) is 2.82. The Morgan fingerprint density at radius 2 is 2.06 bits per heavy atom. The van der Waals surface area contributed by atoms with Crippen molar-refractivity contribution >= 4 is 5.69 Å². The van der Waals surface area contributed by atoms with Gasteiger partial charge in [-0.15, -0.1) is 0 Å². The molecule has 0 radical (unpaired) electrons. The summed E-state index contributed by atoms with van der Waals surface area (Å²) in [5.41, 5.74) is 0.754. The minimum absolute atomic E-state index is 0.0152. The molecule has 1 heterocycles. The molecule has 0 amide bonds. The highest BCUT2D eigenvalue weighted by atomic mass is 19.3. The molecular weight excluding hydrogens is 212 g/mol. The number of hydrogen-bond donors (Lipinski definition) is 0. The van der Waals surface area contributed by atoms with Crippen LogP contribution in [0.2, 0.25) is 0 Å². The molecule has 0 bridgehead atoms. The topological polar surface area (TPSA) is 12.5 Å². The van der Waals surface area contributed by atoms with Crippen LogP contribution >= 0.6 is 0 Å². The van der Waals surface area contributed by atoms with Gasteiger partial charge in [0, 0.05) is 13.0 Å². The third-order valence-electron chi connectivity index (χ3n) is 2.82. The van der Waals surface area contributed by atoms with E-state index in [1.54, 1.807) is 18.1 Å². The van der Waals surface area contributed by atoms with E-state index >= 15 is 0 Å². The van der Waals surface area contributed by atoms with Crippen LogP contribution in [-0.2, 0) is 0 Å². The van der Waals surface area contributed by atoms with Gasteiger partial charge in [0.15, 0.2) is 0 Å². The number of ether oxygens (including phenoxy) is 1. The van der Waals surface area contributed by atoms with Gasteiger partial charge in [0.1, 0.15) is 5.75 Å². The molecule has 1 aromatic carbocycles. The number of methoxy groups -OCH3 is 1. The van der Waals surface area contributed by atoms with Crippen LogP contribution in [0.25, 0.3) is 0 Å². The minimum atomic E-state index is -2.58. The van der Waals surface area contributed by atoms with E-state index in [4.69, 9.17) is 4.74 Å². The number of nitrogens with zero attached hydrogens (tertiary/aromatic N) is 1. The molecule has 16 heavy (non-hydrogen) atoms. The first-order valence-corrected chi connectivity index (χ1v) is 5.38. The Labute approximate surface area is 93.8 Å². The fourth-order valence-electron chi connectivity index (χ4n) is 2.06. The summed E-state index contributed by atoms with van der Waals surface area (Å²) in [6.07, 6.45) is 0.504. The number of anilines is 1. The van der Waals surface area contributed by atoms with Crippen LogP contribution in [0.4, 0.5) is 14.5 Å². The first-order chi connectivity index (χ1) is 7.62. The van der Waals surface area contributed by atoms with E-state index < -0.39 is 5.92 Å². The molecule has 1 saturated heterocycles. The number of hydrogen-bond acceptors (Lipinski definition) is 2. The van der Waals surface area contributed by atoms with Crippen LogP contribution in [0.3, 0.4) is 0 Å². The first kappa shape index (κ1) is 11.2. The van der Waals surface area contributed by atoms with Gasteiger partial charge in [0.2, 0.25) is 0 Å². The normalized spacial score (nSPS) is 19.6. The van der Waals surface area contributed by atoms with Crippen molar-refractivity contribution in [1.29, 1.82) is 0 Å². The van der Waals surface area contributed by atoms with Gasteiger partial charge < -0.3 is 9.64 Å². The van der Waals surface area contributed by atoms with Gasteiger partial charge in [0.25, 0.3) is 5.92 Å². The Balaban J connectivity index is 2.23. The zero-order valence-electron chi connectivity index (χ0n) is 9.25. The molecule has 2 rings (SSSR count). The predicted octanol–water partition coefficient (Wildman–Crippen LogP) is 2.93. The van der Waals surface area contributed by atoms with Gasteiger partial charge in [-0.05, 0) is 18.6 Å². The Hall–Kier alpha value is -1.32. The van der Waals surface area contributed by atoms with Gasteiger partial charge in [-0.2, -0.15) is 0 Å². The lowest BCUT2D eigenvalue weighted by atomic mass is 10.1. The molecule has 1 aliphatic rings. The minimum Gasteiger partial charge on any atom is -0.495 e. The highest BCUT2D eigenvalue weighted by Crippen LogP contribution is 2.34. The van der Waals surface area contributed by atoms with E-state index in [-0.39, 0.29) is 13.0 Å². The molecule has 1 aliphatic heterocycles. The van der Waals surface area contributed by atoms with E-state index in [2.05, 4.69) is 0 Å². The second-order valence-corrected chi connectivity index (χ2v) is 4.05. The fourth-order valence-corrected chi connectivity index (χ4v) is 2.06. The van der Waals surface area contributed by atoms with Crippen molar-refractivity contribution in [3.63, 3.8) is 0 Å². The first-order valence-electron chi connectivity index (χ1n) is 5.38. The average Bonchev–Trinajstić information content (AvgIpc) is 2.27. The molecule has 0 aliphatic carbocycles. The molecule has 88 valence electrons. The Kier molecular flexibility index (Phi) is 2.99.